The van der Waals surface area contributed by atoms with Crippen molar-refractivity contribution < 1.29 is 4.79 Å². The van der Waals surface area contributed by atoms with E-state index in [9.17, 15) is 4.79 Å². The van der Waals surface area contributed by atoms with Gasteiger partial charge in [-0.1, -0.05) is 0 Å². The lowest BCUT2D eigenvalue weighted by Crippen LogP contribution is -2.51. The summed E-state index contributed by atoms with van der Waals surface area (Å²) in [5.41, 5.74) is 7.51. The number of nitrogens with zero attached hydrogens (tertiary/aromatic N) is 2. The van der Waals surface area contributed by atoms with Gasteiger partial charge in [-0.15, -0.1) is 12.4 Å². The summed E-state index contributed by atoms with van der Waals surface area (Å²) in [7, 11) is 1.97. The summed E-state index contributed by atoms with van der Waals surface area (Å²) >= 11 is 0. The van der Waals surface area contributed by atoms with Crippen LogP contribution in [0.15, 0.2) is 18.3 Å². The molecule has 0 atom stereocenters. The van der Waals surface area contributed by atoms with Crippen molar-refractivity contribution in [2.24, 2.45) is 23.2 Å². The summed E-state index contributed by atoms with van der Waals surface area (Å²) in [6.07, 6.45) is 10.4. The number of pyridine rings is 1. The van der Waals surface area contributed by atoms with Gasteiger partial charge >= 0.3 is 0 Å². The number of nitrogens with two attached hydrogens (primary N) is 1. The second-order valence-corrected chi connectivity index (χ2v) is 8.43. The average Bonchev–Trinajstić information content (AvgIpc) is 2.47. The standard InChI is InChI=1S/C19H27N3O.ClH/c1-22(18(23)7-17-3-2-16(20)11-21-17)12-19-8-13-4-14(9-19)6-15(5-13)10-19;/h2-3,11,13-15H,4-10,12,20H2,1H3;1H. The summed E-state index contributed by atoms with van der Waals surface area (Å²) in [6.45, 7) is 0.935. The van der Waals surface area contributed by atoms with Crippen molar-refractivity contribution in [2.75, 3.05) is 19.3 Å². The number of halogens is 1. The van der Waals surface area contributed by atoms with Crippen molar-refractivity contribution in [1.82, 2.24) is 9.88 Å². The number of likely N-dealkylation sites (N-methyl/N-ethyl adjacent to an activating group) is 1. The van der Waals surface area contributed by atoms with Crippen molar-refractivity contribution in [3.05, 3.63) is 24.0 Å². The van der Waals surface area contributed by atoms with Gasteiger partial charge in [-0.05, 0) is 73.8 Å². The summed E-state index contributed by atoms with van der Waals surface area (Å²) in [5, 5.41) is 0. The Morgan fingerprint density at radius 1 is 1.21 bits per heavy atom. The maximum atomic E-state index is 12.6. The van der Waals surface area contributed by atoms with Crippen molar-refractivity contribution in [1.29, 1.82) is 0 Å². The van der Waals surface area contributed by atoms with Crippen LogP contribution in [0.2, 0.25) is 0 Å². The number of carbonyl (C=O) groups is 1. The Morgan fingerprint density at radius 2 is 1.79 bits per heavy atom. The number of hydrogen-bond acceptors (Lipinski definition) is 3. The van der Waals surface area contributed by atoms with Crippen LogP contribution >= 0.6 is 12.4 Å². The number of hydrogen-bond donors (Lipinski definition) is 1. The lowest BCUT2D eigenvalue weighted by molar-refractivity contribution is -0.134. The molecule has 2 N–H and O–H groups in total. The number of rotatable bonds is 4. The van der Waals surface area contributed by atoms with E-state index in [1.165, 1.54) is 38.5 Å². The molecule has 0 spiro atoms. The quantitative estimate of drug-likeness (QED) is 0.907. The zero-order valence-electron chi connectivity index (χ0n) is 14.4. The molecule has 4 saturated carbocycles. The molecule has 1 heterocycles. The van der Waals surface area contributed by atoms with Crippen molar-refractivity contribution >= 4 is 24.0 Å². The fourth-order valence-electron chi connectivity index (χ4n) is 5.91. The molecule has 0 saturated heterocycles. The van der Waals surface area contributed by atoms with Gasteiger partial charge in [0.1, 0.15) is 0 Å². The van der Waals surface area contributed by atoms with Crippen LogP contribution < -0.4 is 5.73 Å². The fourth-order valence-corrected chi connectivity index (χ4v) is 5.91. The first-order valence-electron chi connectivity index (χ1n) is 8.96. The third kappa shape index (κ3) is 3.39. The molecule has 0 aliphatic heterocycles. The molecule has 1 aromatic rings. The molecule has 4 nitrogen and oxygen atoms in total. The molecule has 0 radical (unpaired) electrons. The topological polar surface area (TPSA) is 59.2 Å². The van der Waals surface area contributed by atoms with Crippen LogP contribution in [0.3, 0.4) is 0 Å². The Labute approximate surface area is 150 Å². The minimum Gasteiger partial charge on any atom is -0.397 e. The van der Waals surface area contributed by atoms with Crippen molar-refractivity contribution in [2.45, 2.75) is 44.9 Å². The lowest BCUT2D eigenvalue weighted by Gasteiger charge is -2.57. The van der Waals surface area contributed by atoms with Crippen LogP contribution in [0.5, 0.6) is 0 Å². The molecule has 4 aliphatic rings. The monoisotopic (exact) mass is 349 g/mol. The number of carbonyl (C=O) groups excluding carboxylic acids is 1. The highest BCUT2D eigenvalue weighted by Gasteiger charge is 2.51. The summed E-state index contributed by atoms with van der Waals surface area (Å²) in [5.74, 6) is 2.98. The largest absolute Gasteiger partial charge is 0.397 e. The predicted octanol–water partition coefficient (Wildman–Crippen LogP) is 3.30. The van der Waals surface area contributed by atoms with Gasteiger partial charge in [0.15, 0.2) is 0 Å². The summed E-state index contributed by atoms with van der Waals surface area (Å²) < 4.78 is 0. The Bertz CT molecular complexity index is 566. The zero-order chi connectivity index (χ0) is 16.0. The van der Waals surface area contributed by atoms with E-state index >= 15 is 0 Å². The van der Waals surface area contributed by atoms with Gasteiger partial charge in [0.25, 0.3) is 0 Å². The van der Waals surface area contributed by atoms with Crippen LogP contribution in [0, 0.1) is 23.2 Å². The molecule has 1 amide bonds. The molecular weight excluding hydrogens is 322 g/mol. The third-order valence-electron chi connectivity index (χ3n) is 6.34. The van der Waals surface area contributed by atoms with Crippen LogP contribution in [-0.4, -0.2) is 29.4 Å². The van der Waals surface area contributed by atoms with Gasteiger partial charge in [-0.2, -0.15) is 0 Å². The second-order valence-electron chi connectivity index (χ2n) is 8.43. The van der Waals surface area contributed by atoms with E-state index in [-0.39, 0.29) is 18.3 Å². The number of anilines is 1. The highest BCUT2D eigenvalue weighted by molar-refractivity contribution is 5.85. The lowest BCUT2D eigenvalue weighted by atomic mass is 9.49. The van der Waals surface area contributed by atoms with Gasteiger partial charge in [0.2, 0.25) is 5.91 Å². The van der Waals surface area contributed by atoms with Crippen LogP contribution in [0.1, 0.15) is 44.2 Å². The summed E-state index contributed by atoms with van der Waals surface area (Å²) in [6, 6.07) is 3.67. The van der Waals surface area contributed by atoms with E-state index in [1.54, 1.807) is 6.20 Å². The maximum absolute atomic E-state index is 12.6. The molecular formula is C19H28ClN3O. The van der Waals surface area contributed by atoms with Crippen molar-refractivity contribution in [3.8, 4) is 0 Å². The normalized spacial score (nSPS) is 33.1. The molecule has 4 aliphatic carbocycles. The smallest absolute Gasteiger partial charge is 0.228 e. The van der Waals surface area contributed by atoms with E-state index in [0.717, 1.165) is 30.0 Å². The molecule has 5 heteroatoms. The first-order valence-corrected chi connectivity index (χ1v) is 8.96. The van der Waals surface area contributed by atoms with Gasteiger partial charge in [-0.25, -0.2) is 0 Å². The molecule has 24 heavy (non-hydrogen) atoms. The van der Waals surface area contributed by atoms with Crippen LogP contribution in [0.25, 0.3) is 0 Å². The van der Waals surface area contributed by atoms with E-state index < -0.39 is 0 Å². The van der Waals surface area contributed by atoms with E-state index in [0.29, 0.717) is 17.5 Å². The Balaban J connectivity index is 0.00000169. The number of nitrogen functional groups attached to an aromatic ring is 1. The van der Waals surface area contributed by atoms with E-state index in [2.05, 4.69) is 4.98 Å². The molecule has 0 aromatic carbocycles. The first kappa shape index (κ1) is 17.5. The minimum absolute atomic E-state index is 0. The number of aromatic nitrogens is 1. The third-order valence-corrected chi connectivity index (χ3v) is 6.34. The number of amides is 1. The fraction of sp³-hybridized carbons (Fsp3) is 0.684. The highest BCUT2D eigenvalue weighted by Crippen LogP contribution is 2.60. The van der Waals surface area contributed by atoms with Gasteiger partial charge in [0.05, 0.1) is 18.3 Å². The van der Waals surface area contributed by atoms with Crippen LogP contribution in [0.4, 0.5) is 5.69 Å². The average molecular weight is 350 g/mol. The molecule has 132 valence electrons. The predicted molar refractivity (Wildman–Crippen MR) is 97.8 cm³/mol. The van der Waals surface area contributed by atoms with Gasteiger partial charge < -0.3 is 10.6 Å². The molecule has 5 rings (SSSR count). The molecule has 0 unspecified atom stereocenters. The maximum Gasteiger partial charge on any atom is 0.228 e. The Kier molecular flexibility index (Phi) is 4.78. The van der Waals surface area contributed by atoms with Gasteiger partial charge in [0, 0.05) is 19.3 Å². The first-order chi connectivity index (χ1) is 11.0. The van der Waals surface area contributed by atoms with E-state index in [4.69, 9.17) is 5.73 Å². The molecule has 1 aromatic heterocycles. The molecule has 4 fully saturated rings. The SMILES string of the molecule is CN(CC12CC3CC(CC(C3)C1)C2)C(=O)Cc1ccc(N)cn1.Cl. The highest BCUT2D eigenvalue weighted by atomic mass is 35.5. The van der Waals surface area contributed by atoms with Crippen molar-refractivity contribution in [3.63, 3.8) is 0 Å². The van der Waals surface area contributed by atoms with Crippen LogP contribution in [-0.2, 0) is 11.2 Å². The second kappa shape index (κ2) is 6.55. The Morgan fingerprint density at radius 3 is 2.29 bits per heavy atom. The van der Waals surface area contributed by atoms with Gasteiger partial charge in [-0.3, -0.25) is 9.78 Å². The summed E-state index contributed by atoms with van der Waals surface area (Å²) in [4.78, 5) is 18.8. The van der Waals surface area contributed by atoms with E-state index in [1.807, 2.05) is 24.1 Å². The minimum atomic E-state index is 0. The Hall–Kier alpha value is -1.29. The molecule has 4 bridgehead atoms. The zero-order valence-corrected chi connectivity index (χ0v) is 15.2.